The Morgan fingerprint density at radius 1 is 1.08 bits per heavy atom. The second-order valence-electron chi connectivity index (χ2n) is 5.41. The Labute approximate surface area is 157 Å². The van der Waals surface area contributed by atoms with Gasteiger partial charge in [0, 0.05) is 20.5 Å². The van der Waals surface area contributed by atoms with Gasteiger partial charge in [0.2, 0.25) is 0 Å². The first-order valence-electron chi connectivity index (χ1n) is 7.59. The predicted octanol–water partition coefficient (Wildman–Crippen LogP) is 5.55. The summed E-state index contributed by atoms with van der Waals surface area (Å²) in [5, 5.41) is 0.884. The molecule has 0 amide bonds. The van der Waals surface area contributed by atoms with Crippen molar-refractivity contribution in [2.24, 2.45) is 0 Å². The van der Waals surface area contributed by atoms with Crippen molar-refractivity contribution < 1.29 is 9.53 Å². The van der Waals surface area contributed by atoms with Gasteiger partial charge in [-0.15, -0.1) is 0 Å². The third kappa shape index (κ3) is 4.22. The molecule has 2 aromatic carbocycles. The van der Waals surface area contributed by atoms with Gasteiger partial charge in [-0.25, -0.2) is 4.79 Å². The van der Waals surface area contributed by atoms with Gasteiger partial charge in [0.1, 0.15) is 0 Å². The zero-order valence-electron chi connectivity index (χ0n) is 12.8. The van der Waals surface area contributed by atoms with Crippen molar-refractivity contribution in [1.82, 2.24) is 4.98 Å². The van der Waals surface area contributed by atoms with E-state index in [0.717, 1.165) is 32.7 Å². The van der Waals surface area contributed by atoms with E-state index in [1.807, 2.05) is 30.3 Å². The Balaban J connectivity index is 1.61. The maximum Gasteiger partial charge on any atom is 0.339 e. The van der Waals surface area contributed by atoms with Crippen molar-refractivity contribution >= 4 is 48.7 Å². The van der Waals surface area contributed by atoms with Crippen molar-refractivity contribution in [2.45, 2.75) is 12.8 Å². The molecule has 0 aliphatic heterocycles. The summed E-state index contributed by atoms with van der Waals surface area (Å²) < 4.78 is 7.17. The van der Waals surface area contributed by atoms with Crippen LogP contribution in [0, 0.1) is 0 Å². The first-order valence-corrected chi connectivity index (χ1v) is 9.18. The number of hydrogen-bond donors (Lipinski definition) is 0. The number of esters is 1. The van der Waals surface area contributed by atoms with Crippen LogP contribution < -0.4 is 0 Å². The Kier molecular flexibility index (Phi) is 5.63. The van der Waals surface area contributed by atoms with E-state index >= 15 is 0 Å². The zero-order valence-corrected chi connectivity index (χ0v) is 16.0. The van der Waals surface area contributed by atoms with Crippen LogP contribution >= 0.6 is 31.9 Å². The molecule has 0 spiro atoms. The normalized spacial score (nSPS) is 10.8. The maximum absolute atomic E-state index is 12.2. The fourth-order valence-corrected chi connectivity index (χ4v) is 3.81. The largest absolute Gasteiger partial charge is 0.462 e. The zero-order chi connectivity index (χ0) is 16.9. The molecule has 0 atom stereocenters. The van der Waals surface area contributed by atoms with E-state index in [2.05, 4.69) is 49.0 Å². The molecule has 0 aliphatic rings. The highest BCUT2D eigenvalue weighted by molar-refractivity contribution is 9.11. The Hall–Kier alpha value is -1.72. The van der Waals surface area contributed by atoms with E-state index in [4.69, 9.17) is 4.74 Å². The second-order valence-corrected chi connectivity index (χ2v) is 7.18. The molecular formula is C19H15Br2NO2. The maximum atomic E-state index is 12.2. The van der Waals surface area contributed by atoms with Gasteiger partial charge in [0.05, 0.1) is 17.7 Å². The van der Waals surface area contributed by atoms with Gasteiger partial charge < -0.3 is 4.74 Å². The minimum absolute atomic E-state index is 0.339. The van der Waals surface area contributed by atoms with Gasteiger partial charge in [0.25, 0.3) is 0 Å². The number of halogens is 2. The molecule has 0 saturated heterocycles. The Morgan fingerprint density at radius 2 is 1.88 bits per heavy atom. The van der Waals surface area contributed by atoms with Crippen molar-refractivity contribution in [1.29, 1.82) is 0 Å². The molecule has 0 N–H and O–H groups in total. The van der Waals surface area contributed by atoms with Gasteiger partial charge in [-0.3, -0.25) is 4.98 Å². The topological polar surface area (TPSA) is 39.2 Å². The van der Waals surface area contributed by atoms with Crippen molar-refractivity contribution in [2.75, 3.05) is 6.61 Å². The number of carbonyl (C=O) groups excluding carboxylic acids is 1. The Morgan fingerprint density at radius 3 is 2.67 bits per heavy atom. The van der Waals surface area contributed by atoms with Crippen LogP contribution in [0.2, 0.25) is 0 Å². The molecule has 3 nitrogen and oxygen atoms in total. The summed E-state index contributed by atoms with van der Waals surface area (Å²) in [5.41, 5.74) is 2.53. The minimum atomic E-state index is -0.339. The van der Waals surface area contributed by atoms with Crippen LogP contribution in [0.4, 0.5) is 0 Å². The molecule has 122 valence electrons. The summed E-state index contributed by atoms with van der Waals surface area (Å²) >= 11 is 6.92. The summed E-state index contributed by atoms with van der Waals surface area (Å²) in [6.45, 7) is 0.397. The number of aryl methyl sites for hydroxylation is 1. The van der Waals surface area contributed by atoms with Crippen molar-refractivity contribution in [3.05, 3.63) is 74.8 Å². The van der Waals surface area contributed by atoms with Crippen LogP contribution in [-0.2, 0) is 11.2 Å². The van der Waals surface area contributed by atoms with Gasteiger partial charge >= 0.3 is 5.97 Å². The van der Waals surface area contributed by atoms with Crippen LogP contribution in [0.5, 0.6) is 0 Å². The van der Waals surface area contributed by atoms with E-state index in [-0.39, 0.29) is 5.97 Å². The summed E-state index contributed by atoms with van der Waals surface area (Å²) in [4.78, 5) is 16.5. The molecule has 3 aromatic rings. The minimum Gasteiger partial charge on any atom is -0.462 e. The SMILES string of the molecule is O=C(OCCCc1ccccc1)c1cnc2c(Br)cc(Br)cc2c1. The fraction of sp³-hybridized carbons (Fsp3) is 0.158. The van der Waals surface area contributed by atoms with E-state index in [0.29, 0.717) is 12.2 Å². The quantitative estimate of drug-likeness (QED) is 0.379. The van der Waals surface area contributed by atoms with Crippen molar-refractivity contribution in [3.63, 3.8) is 0 Å². The molecule has 1 heterocycles. The number of carbonyl (C=O) groups is 1. The lowest BCUT2D eigenvalue weighted by atomic mass is 10.1. The van der Waals surface area contributed by atoms with Crippen LogP contribution in [0.3, 0.4) is 0 Å². The third-order valence-corrected chi connectivity index (χ3v) is 4.69. The molecule has 1 aromatic heterocycles. The Bertz CT molecular complexity index is 866. The number of rotatable bonds is 5. The molecule has 0 fully saturated rings. The molecule has 24 heavy (non-hydrogen) atoms. The number of ether oxygens (including phenoxy) is 1. The van der Waals surface area contributed by atoms with E-state index < -0.39 is 0 Å². The summed E-state index contributed by atoms with van der Waals surface area (Å²) in [6, 6.07) is 15.8. The van der Waals surface area contributed by atoms with E-state index in [9.17, 15) is 4.79 Å². The fourth-order valence-electron chi connectivity index (χ4n) is 2.45. The molecule has 0 bridgehead atoms. The lowest BCUT2D eigenvalue weighted by Gasteiger charge is -2.07. The summed E-state index contributed by atoms with van der Waals surface area (Å²) in [5.74, 6) is -0.339. The van der Waals surface area contributed by atoms with Gasteiger partial charge in [-0.05, 0) is 52.5 Å². The highest BCUT2D eigenvalue weighted by Crippen LogP contribution is 2.27. The number of pyridine rings is 1. The predicted molar refractivity (Wildman–Crippen MR) is 102 cm³/mol. The van der Waals surface area contributed by atoms with Crippen LogP contribution in [0.25, 0.3) is 10.9 Å². The van der Waals surface area contributed by atoms with Crippen molar-refractivity contribution in [3.8, 4) is 0 Å². The molecule has 0 unspecified atom stereocenters. The molecule has 5 heteroatoms. The van der Waals surface area contributed by atoms with Crippen LogP contribution in [-0.4, -0.2) is 17.6 Å². The van der Waals surface area contributed by atoms with E-state index in [1.165, 1.54) is 5.56 Å². The lowest BCUT2D eigenvalue weighted by Crippen LogP contribution is -2.07. The number of hydrogen-bond acceptors (Lipinski definition) is 3. The lowest BCUT2D eigenvalue weighted by molar-refractivity contribution is 0.0500. The molecule has 3 rings (SSSR count). The molecular weight excluding hydrogens is 434 g/mol. The highest BCUT2D eigenvalue weighted by Gasteiger charge is 2.10. The summed E-state index contributed by atoms with van der Waals surface area (Å²) in [6.07, 6.45) is 3.25. The third-order valence-electron chi connectivity index (χ3n) is 3.62. The monoisotopic (exact) mass is 447 g/mol. The average Bonchev–Trinajstić information content (AvgIpc) is 2.58. The molecule has 0 radical (unpaired) electrons. The molecule has 0 saturated carbocycles. The number of aromatic nitrogens is 1. The first-order chi connectivity index (χ1) is 11.6. The average molecular weight is 449 g/mol. The van der Waals surface area contributed by atoms with E-state index in [1.54, 1.807) is 12.3 Å². The highest BCUT2D eigenvalue weighted by atomic mass is 79.9. The number of nitrogens with zero attached hydrogens (tertiary/aromatic N) is 1. The van der Waals surface area contributed by atoms with Gasteiger partial charge in [-0.1, -0.05) is 46.3 Å². The second kappa shape index (κ2) is 7.90. The van der Waals surface area contributed by atoms with Crippen LogP contribution in [0.1, 0.15) is 22.3 Å². The standard InChI is InChI=1S/C19H15Br2NO2/c20-16-10-14-9-15(12-22-18(14)17(21)11-16)19(23)24-8-4-7-13-5-2-1-3-6-13/h1-3,5-6,9-12H,4,7-8H2. The summed E-state index contributed by atoms with van der Waals surface area (Å²) in [7, 11) is 0. The number of benzene rings is 2. The smallest absolute Gasteiger partial charge is 0.339 e. The molecule has 0 aliphatic carbocycles. The number of fused-ring (bicyclic) bond motifs is 1. The van der Waals surface area contributed by atoms with Gasteiger partial charge in [0.15, 0.2) is 0 Å². The van der Waals surface area contributed by atoms with Crippen LogP contribution in [0.15, 0.2) is 63.7 Å². The van der Waals surface area contributed by atoms with Gasteiger partial charge in [-0.2, -0.15) is 0 Å². The first kappa shape index (κ1) is 17.1.